The van der Waals surface area contributed by atoms with Crippen molar-refractivity contribution in [2.75, 3.05) is 30.8 Å². The van der Waals surface area contributed by atoms with Crippen molar-refractivity contribution in [3.63, 3.8) is 0 Å². The van der Waals surface area contributed by atoms with Crippen LogP contribution in [0, 0.1) is 0 Å². The first-order valence-electron chi connectivity index (χ1n) is 5.10. The van der Waals surface area contributed by atoms with Gasteiger partial charge in [-0.2, -0.15) is 4.98 Å². The highest BCUT2D eigenvalue weighted by Crippen LogP contribution is 2.24. The van der Waals surface area contributed by atoms with Gasteiger partial charge in [0, 0.05) is 25.2 Å². The van der Waals surface area contributed by atoms with Crippen molar-refractivity contribution in [3.05, 3.63) is 16.7 Å². The number of rotatable bonds is 4. The molecule has 0 aliphatic rings. The summed E-state index contributed by atoms with van der Waals surface area (Å²) in [5.41, 5.74) is 0.605. The SMILES string of the molecule is CNc1ncc2cc(Br)c(NCCO)nc2n1. The molecule has 0 aliphatic heterocycles. The number of fused-ring (bicyclic) bond motifs is 1. The zero-order chi connectivity index (χ0) is 12.3. The Balaban J connectivity index is 2.44. The molecule has 0 saturated heterocycles. The Hall–Kier alpha value is -1.47. The van der Waals surface area contributed by atoms with E-state index in [0.717, 1.165) is 9.86 Å². The standard InChI is InChI=1S/C10H12BrN5O/c1-12-10-14-5-6-4-7(11)9(13-2-3-17)15-8(6)16-10/h4-5,17H,2-3H2,1H3,(H2,12,13,14,15,16). The van der Waals surface area contributed by atoms with Crippen LogP contribution < -0.4 is 10.6 Å². The van der Waals surface area contributed by atoms with Crippen LogP contribution in [-0.4, -0.2) is 40.3 Å². The molecule has 2 rings (SSSR count). The maximum atomic E-state index is 8.77. The van der Waals surface area contributed by atoms with Crippen molar-refractivity contribution in [3.8, 4) is 0 Å². The minimum absolute atomic E-state index is 0.0533. The molecule has 0 aromatic carbocycles. The molecule has 0 atom stereocenters. The summed E-state index contributed by atoms with van der Waals surface area (Å²) in [6.07, 6.45) is 1.71. The summed E-state index contributed by atoms with van der Waals surface area (Å²) in [6.45, 7) is 0.499. The van der Waals surface area contributed by atoms with Crippen LogP contribution in [0.3, 0.4) is 0 Å². The summed E-state index contributed by atoms with van der Waals surface area (Å²) in [7, 11) is 1.75. The molecule has 0 amide bonds. The van der Waals surface area contributed by atoms with Gasteiger partial charge in [-0.15, -0.1) is 0 Å². The Morgan fingerprint density at radius 3 is 2.94 bits per heavy atom. The van der Waals surface area contributed by atoms with E-state index in [0.29, 0.717) is 24.0 Å². The van der Waals surface area contributed by atoms with E-state index >= 15 is 0 Å². The fourth-order valence-electron chi connectivity index (χ4n) is 1.36. The van der Waals surface area contributed by atoms with Crippen LogP contribution in [0.4, 0.5) is 11.8 Å². The lowest BCUT2D eigenvalue weighted by molar-refractivity contribution is 0.311. The van der Waals surface area contributed by atoms with Gasteiger partial charge in [0.15, 0.2) is 5.65 Å². The molecule has 0 aliphatic carbocycles. The largest absolute Gasteiger partial charge is 0.395 e. The molecule has 0 radical (unpaired) electrons. The van der Waals surface area contributed by atoms with Crippen molar-refractivity contribution in [2.45, 2.75) is 0 Å². The van der Waals surface area contributed by atoms with Gasteiger partial charge < -0.3 is 15.7 Å². The third-order valence-corrected chi connectivity index (χ3v) is 2.75. The first-order chi connectivity index (χ1) is 8.24. The molecule has 0 fully saturated rings. The molecule has 6 nitrogen and oxygen atoms in total. The number of anilines is 2. The number of pyridine rings is 1. The second-order valence-corrected chi connectivity index (χ2v) is 4.18. The van der Waals surface area contributed by atoms with Gasteiger partial charge in [-0.3, -0.25) is 0 Å². The van der Waals surface area contributed by atoms with Gasteiger partial charge in [0.2, 0.25) is 5.95 Å². The normalized spacial score (nSPS) is 10.5. The number of nitrogens with one attached hydrogen (secondary N) is 2. The number of aliphatic hydroxyl groups excluding tert-OH is 1. The van der Waals surface area contributed by atoms with Gasteiger partial charge in [-0.25, -0.2) is 9.97 Å². The maximum absolute atomic E-state index is 8.77. The van der Waals surface area contributed by atoms with Crippen LogP contribution in [0.2, 0.25) is 0 Å². The quantitative estimate of drug-likeness (QED) is 0.787. The third kappa shape index (κ3) is 2.62. The van der Waals surface area contributed by atoms with Crippen LogP contribution in [0.25, 0.3) is 11.0 Å². The molecular formula is C10H12BrN5O. The molecule has 0 saturated carbocycles. The fraction of sp³-hybridized carbons (Fsp3) is 0.300. The number of hydrogen-bond donors (Lipinski definition) is 3. The van der Waals surface area contributed by atoms with E-state index in [1.54, 1.807) is 13.2 Å². The molecule has 7 heteroatoms. The van der Waals surface area contributed by atoms with Crippen LogP contribution >= 0.6 is 15.9 Å². The van der Waals surface area contributed by atoms with Gasteiger partial charge >= 0.3 is 0 Å². The molecule has 3 N–H and O–H groups in total. The van der Waals surface area contributed by atoms with Gasteiger partial charge in [0.1, 0.15) is 5.82 Å². The highest BCUT2D eigenvalue weighted by molar-refractivity contribution is 9.10. The summed E-state index contributed by atoms with van der Waals surface area (Å²) < 4.78 is 0.819. The third-order valence-electron chi connectivity index (χ3n) is 2.15. The van der Waals surface area contributed by atoms with Crippen LogP contribution in [-0.2, 0) is 0 Å². The van der Waals surface area contributed by atoms with E-state index in [1.807, 2.05) is 6.07 Å². The van der Waals surface area contributed by atoms with Crippen molar-refractivity contribution < 1.29 is 5.11 Å². The predicted molar refractivity (Wildman–Crippen MR) is 70.2 cm³/mol. The number of nitrogens with zero attached hydrogens (tertiary/aromatic N) is 3. The number of aliphatic hydroxyl groups is 1. The van der Waals surface area contributed by atoms with E-state index < -0.39 is 0 Å². The molecule has 2 heterocycles. The Morgan fingerprint density at radius 1 is 1.41 bits per heavy atom. The molecule has 17 heavy (non-hydrogen) atoms. The Bertz CT molecular complexity index is 533. The van der Waals surface area contributed by atoms with Crippen molar-refractivity contribution in [2.24, 2.45) is 0 Å². The second-order valence-electron chi connectivity index (χ2n) is 3.33. The molecule has 90 valence electrons. The highest BCUT2D eigenvalue weighted by Gasteiger charge is 2.06. The second kappa shape index (κ2) is 5.24. The zero-order valence-corrected chi connectivity index (χ0v) is 10.8. The first kappa shape index (κ1) is 12.0. The van der Waals surface area contributed by atoms with E-state index in [1.165, 1.54) is 0 Å². The topological polar surface area (TPSA) is 83.0 Å². The summed E-state index contributed by atoms with van der Waals surface area (Å²) in [6, 6.07) is 1.89. The summed E-state index contributed by atoms with van der Waals surface area (Å²) in [4.78, 5) is 12.7. The van der Waals surface area contributed by atoms with Gasteiger partial charge in [0.05, 0.1) is 11.1 Å². The van der Waals surface area contributed by atoms with E-state index in [9.17, 15) is 0 Å². The lowest BCUT2D eigenvalue weighted by Crippen LogP contribution is -2.08. The highest BCUT2D eigenvalue weighted by atomic mass is 79.9. The lowest BCUT2D eigenvalue weighted by atomic mass is 10.3. The molecular weight excluding hydrogens is 286 g/mol. The van der Waals surface area contributed by atoms with E-state index in [-0.39, 0.29) is 6.61 Å². The molecule has 2 aromatic heterocycles. The summed E-state index contributed by atoms with van der Waals surface area (Å²) in [5.74, 6) is 1.19. The lowest BCUT2D eigenvalue weighted by Gasteiger charge is -2.07. The minimum atomic E-state index is 0.0533. The number of hydrogen-bond acceptors (Lipinski definition) is 6. The van der Waals surface area contributed by atoms with E-state index in [2.05, 4.69) is 41.5 Å². The maximum Gasteiger partial charge on any atom is 0.224 e. The number of aromatic nitrogens is 3. The smallest absolute Gasteiger partial charge is 0.224 e. The van der Waals surface area contributed by atoms with Crippen LogP contribution in [0.1, 0.15) is 0 Å². The summed E-state index contributed by atoms with van der Waals surface area (Å²) >= 11 is 3.41. The van der Waals surface area contributed by atoms with Gasteiger partial charge in [-0.05, 0) is 22.0 Å². The van der Waals surface area contributed by atoms with Crippen molar-refractivity contribution in [1.82, 2.24) is 15.0 Å². The van der Waals surface area contributed by atoms with Gasteiger partial charge in [0.25, 0.3) is 0 Å². The fourth-order valence-corrected chi connectivity index (χ4v) is 1.83. The van der Waals surface area contributed by atoms with Crippen molar-refractivity contribution in [1.29, 1.82) is 0 Å². The van der Waals surface area contributed by atoms with Crippen LogP contribution in [0.15, 0.2) is 16.7 Å². The zero-order valence-electron chi connectivity index (χ0n) is 9.24. The molecule has 0 unspecified atom stereocenters. The molecule has 0 bridgehead atoms. The van der Waals surface area contributed by atoms with E-state index in [4.69, 9.17) is 5.11 Å². The minimum Gasteiger partial charge on any atom is -0.395 e. The van der Waals surface area contributed by atoms with Gasteiger partial charge in [-0.1, -0.05) is 0 Å². The Morgan fingerprint density at radius 2 is 2.24 bits per heavy atom. The Labute approximate surface area is 107 Å². The number of halogens is 1. The average Bonchev–Trinajstić information content (AvgIpc) is 2.35. The first-order valence-corrected chi connectivity index (χ1v) is 5.89. The molecule has 0 spiro atoms. The predicted octanol–water partition coefficient (Wildman–Crippen LogP) is 1.23. The monoisotopic (exact) mass is 297 g/mol. The molecule has 2 aromatic rings. The average molecular weight is 298 g/mol. The summed E-state index contributed by atoms with van der Waals surface area (Å²) in [5, 5.41) is 15.5. The van der Waals surface area contributed by atoms with Crippen LogP contribution in [0.5, 0.6) is 0 Å². The van der Waals surface area contributed by atoms with Crippen molar-refractivity contribution >= 4 is 38.7 Å². The Kier molecular flexibility index (Phi) is 3.70.